The molecule has 0 saturated heterocycles. The molecule has 0 fully saturated rings. The molecule has 73 valence electrons. The van der Waals surface area contributed by atoms with Gasteiger partial charge in [-0.25, -0.2) is 0 Å². The third-order valence-electron chi connectivity index (χ3n) is 1.32. The van der Waals surface area contributed by atoms with Crippen molar-refractivity contribution >= 4 is 34.5 Å². The van der Waals surface area contributed by atoms with E-state index in [0.29, 0.717) is 0 Å². The van der Waals surface area contributed by atoms with Crippen LogP contribution in [0.4, 0.5) is 5.69 Å². The summed E-state index contributed by atoms with van der Waals surface area (Å²) in [5, 5.41) is 0. The van der Waals surface area contributed by atoms with Crippen LogP contribution < -0.4 is 8.94 Å². The van der Waals surface area contributed by atoms with E-state index in [1.165, 1.54) is 5.69 Å². The first-order valence-corrected chi connectivity index (χ1v) is 3.87. The van der Waals surface area contributed by atoms with Gasteiger partial charge in [0.05, 0.1) is 0 Å². The Morgan fingerprint density at radius 1 is 1.00 bits per heavy atom. The molecular formula is C8H12Cl2NPd. The molecule has 0 saturated carbocycles. The summed E-state index contributed by atoms with van der Waals surface area (Å²) in [6, 6.07) is 8.27. The number of hydrogen-bond acceptors (Lipinski definition) is 1. The molecule has 0 spiro atoms. The summed E-state index contributed by atoms with van der Waals surface area (Å²) in [7, 11) is 4.07. The van der Waals surface area contributed by atoms with Crippen molar-refractivity contribution in [3.05, 3.63) is 24.3 Å². The van der Waals surface area contributed by atoms with E-state index in [9.17, 15) is 0 Å². The molecule has 1 aromatic rings. The van der Waals surface area contributed by atoms with Crippen LogP contribution in [0.25, 0.3) is 0 Å². The van der Waals surface area contributed by atoms with Gasteiger partial charge in [0.25, 0.3) is 0 Å². The van der Waals surface area contributed by atoms with Crippen LogP contribution in [0.3, 0.4) is 0 Å². The van der Waals surface area contributed by atoms with Gasteiger partial charge in [-0.2, -0.15) is 0 Å². The van der Waals surface area contributed by atoms with Gasteiger partial charge in [-0.15, -0.1) is 24.8 Å². The molecule has 4 heteroatoms. The molecule has 0 unspecified atom stereocenters. The second kappa shape index (κ2) is 6.74. The van der Waals surface area contributed by atoms with Gasteiger partial charge in [-0.3, -0.25) is 0 Å². The van der Waals surface area contributed by atoms with Crippen molar-refractivity contribution in [2.75, 3.05) is 19.0 Å². The molecule has 0 atom stereocenters. The van der Waals surface area contributed by atoms with E-state index < -0.39 is 0 Å². The van der Waals surface area contributed by atoms with Crippen LogP contribution in [0.2, 0.25) is 0 Å². The summed E-state index contributed by atoms with van der Waals surface area (Å²) >= 11 is 3.12. The summed E-state index contributed by atoms with van der Waals surface area (Å²) in [5.41, 5.74) is 1.23. The molecule has 0 N–H and O–H groups in total. The number of hydrogen-bond donors (Lipinski definition) is 0. The quantitative estimate of drug-likeness (QED) is 0.715. The minimum atomic E-state index is 0. The van der Waals surface area contributed by atoms with Gasteiger partial charge >= 0.3 is 72.2 Å². The zero-order chi connectivity index (χ0) is 7.56. The number of rotatable bonds is 1. The zero-order valence-corrected chi connectivity index (χ0v) is 10.1. The van der Waals surface area contributed by atoms with Gasteiger partial charge in [0, 0.05) is 0 Å². The normalized spacial score (nSPS) is 8.00. The molecule has 0 heterocycles. The maximum atomic E-state index is 3.12. The van der Waals surface area contributed by atoms with Gasteiger partial charge in [-0.1, -0.05) is 0 Å². The smallest absolute Gasteiger partial charge is 0.147 e. The van der Waals surface area contributed by atoms with E-state index in [1.54, 1.807) is 0 Å². The molecule has 0 amide bonds. The summed E-state index contributed by atoms with van der Waals surface area (Å²) in [5.74, 6) is 0. The van der Waals surface area contributed by atoms with Crippen molar-refractivity contribution in [2.45, 2.75) is 0 Å². The second-order valence-corrected chi connectivity index (χ2v) is 3.23. The summed E-state index contributed by atoms with van der Waals surface area (Å²) < 4.78 is 1.16. The average Bonchev–Trinajstić information content (AvgIpc) is 1.88. The Morgan fingerprint density at radius 2 is 1.42 bits per heavy atom. The van der Waals surface area contributed by atoms with Crippen LogP contribution in [-0.4, -0.2) is 14.1 Å². The largest absolute Gasteiger partial charge is 0.147 e. The second-order valence-electron chi connectivity index (χ2n) is 2.34. The standard InChI is InChI=1S/C8H10N.2ClH.Pd/c1-9(2)8-6-4-3-5-7-8;;;/h4-7H,1-2H3;2*1H;. The van der Waals surface area contributed by atoms with Gasteiger partial charge in [0.1, 0.15) is 0 Å². The molecule has 0 aliphatic rings. The molecule has 12 heavy (non-hydrogen) atoms. The Hall–Kier alpha value is 0.262. The molecule has 1 aromatic carbocycles. The van der Waals surface area contributed by atoms with Crippen molar-refractivity contribution in [2.24, 2.45) is 0 Å². The summed E-state index contributed by atoms with van der Waals surface area (Å²) in [6.45, 7) is 0. The van der Waals surface area contributed by atoms with Crippen LogP contribution >= 0.6 is 24.8 Å². The summed E-state index contributed by atoms with van der Waals surface area (Å²) in [6.07, 6.45) is 0. The van der Waals surface area contributed by atoms with Crippen LogP contribution in [0.1, 0.15) is 0 Å². The maximum Gasteiger partial charge on any atom is -0.147 e. The number of halogens is 2. The molecule has 1 nitrogen and oxygen atoms in total. The Balaban J connectivity index is 0. The molecule has 1 rings (SSSR count). The van der Waals surface area contributed by atoms with Gasteiger partial charge in [-0.05, 0) is 0 Å². The van der Waals surface area contributed by atoms with E-state index in [2.05, 4.69) is 48.4 Å². The maximum absolute atomic E-state index is 3.12. The SMILES string of the molecule is CN(C)c1cc[c]([Pd])cc1.Cl.Cl. The van der Waals surface area contributed by atoms with Gasteiger partial charge in [0.15, 0.2) is 0 Å². The van der Waals surface area contributed by atoms with E-state index in [4.69, 9.17) is 0 Å². The third-order valence-corrected chi connectivity index (χ3v) is 1.84. The molecule has 0 aromatic heterocycles. The van der Waals surface area contributed by atoms with E-state index in [-0.39, 0.29) is 24.8 Å². The molecule has 0 bridgehead atoms. The van der Waals surface area contributed by atoms with Crippen molar-refractivity contribution < 1.29 is 19.2 Å². The Bertz CT molecular complexity index is 211. The Morgan fingerprint density at radius 3 is 1.75 bits per heavy atom. The fourth-order valence-electron chi connectivity index (χ4n) is 0.729. The first-order valence-electron chi connectivity index (χ1n) is 3.10. The van der Waals surface area contributed by atoms with Crippen LogP contribution in [0.5, 0.6) is 0 Å². The summed E-state index contributed by atoms with van der Waals surface area (Å²) in [4.78, 5) is 2.08. The van der Waals surface area contributed by atoms with E-state index >= 15 is 0 Å². The Labute approximate surface area is 96.8 Å². The van der Waals surface area contributed by atoms with Crippen LogP contribution in [0.15, 0.2) is 24.3 Å². The van der Waals surface area contributed by atoms with Crippen molar-refractivity contribution in [1.29, 1.82) is 0 Å². The predicted molar refractivity (Wildman–Crippen MR) is 54.9 cm³/mol. The van der Waals surface area contributed by atoms with Crippen LogP contribution in [-0.2, 0) is 19.2 Å². The first-order chi connectivity index (χ1) is 4.70. The Kier molecular flexibility index (Phi) is 8.30. The third kappa shape index (κ3) is 4.33. The first kappa shape index (κ1) is 14.8. The molecule has 0 aliphatic heterocycles. The number of benzene rings is 1. The predicted octanol–water partition coefficient (Wildman–Crippen LogP) is 1.77. The molecular weight excluding hydrogens is 287 g/mol. The van der Waals surface area contributed by atoms with Crippen molar-refractivity contribution in [3.63, 3.8) is 0 Å². The van der Waals surface area contributed by atoms with Crippen molar-refractivity contribution in [3.8, 4) is 0 Å². The van der Waals surface area contributed by atoms with Crippen molar-refractivity contribution in [1.82, 2.24) is 0 Å². The van der Waals surface area contributed by atoms with E-state index in [0.717, 1.165) is 4.04 Å². The minimum absolute atomic E-state index is 0. The fraction of sp³-hybridized carbons (Fsp3) is 0.250. The van der Waals surface area contributed by atoms with Crippen LogP contribution in [0, 0.1) is 0 Å². The van der Waals surface area contributed by atoms with Gasteiger partial charge in [0.2, 0.25) is 0 Å². The van der Waals surface area contributed by atoms with Gasteiger partial charge < -0.3 is 0 Å². The average molecular weight is 300 g/mol. The number of nitrogens with zero attached hydrogens (tertiary/aromatic N) is 1. The zero-order valence-electron chi connectivity index (χ0n) is 6.89. The molecule has 0 radical (unpaired) electrons. The number of anilines is 1. The topological polar surface area (TPSA) is 3.24 Å². The molecule has 0 aliphatic carbocycles. The minimum Gasteiger partial charge on any atom is -0.147 e. The van der Waals surface area contributed by atoms with E-state index in [1.807, 2.05) is 14.1 Å². The monoisotopic (exact) mass is 298 g/mol. The fourth-order valence-corrected chi connectivity index (χ4v) is 0.988.